The van der Waals surface area contributed by atoms with Crippen LogP contribution in [0.15, 0.2) is 64.6 Å². The van der Waals surface area contributed by atoms with Gasteiger partial charge >= 0.3 is 10.1 Å². The molecule has 0 aliphatic heterocycles. The molecule has 0 aliphatic rings. The third-order valence-electron chi connectivity index (χ3n) is 2.86. The van der Waals surface area contributed by atoms with Crippen LogP contribution in [-0.2, 0) is 20.2 Å². The third kappa shape index (κ3) is 4.89. The Morgan fingerprint density at radius 3 is 2.36 bits per heavy atom. The van der Waals surface area contributed by atoms with E-state index in [0.717, 1.165) is 11.1 Å². The quantitative estimate of drug-likeness (QED) is 0.471. The minimum Gasteiger partial charge on any atom is -0.264 e. The summed E-state index contributed by atoms with van der Waals surface area (Å²) >= 11 is 1.43. The Bertz CT molecular complexity index is 739. The Morgan fingerprint density at radius 1 is 1.09 bits per heavy atom. The molecule has 0 heterocycles. The van der Waals surface area contributed by atoms with Gasteiger partial charge in [0.05, 0.1) is 0 Å². The van der Waals surface area contributed by atoms with Crippen molar-refractivity contribution in [2.45, 2.75) is 24.5 Å². The van der Waals surface area contributed by atoms with Crippen LogP contribution >= 0.6 is 11.8 Å². The smallest absolute Gasteiger partial charge is 0.264 e. The van der Waals surface area contributed by atoms with E-state index in [1.807, 2.05) is 37.3 Å². The topological polar surface area (TPSA) is 55.7 Å². The van der Waals surface area contributed by atoms with Crippen molar-refractivity contribution in [3.63, 3.8) is 0 Å². The summed E-state index contributed by atoms with van der Waals surface area (Å²) in [7, 11) is -3.86. The molecule has 0 aliphatic carbocycles. The second-order valence-corrected chi connectivity index (χ2v) is 7.42. The van der Waals surface area contributed by atoms with E-state index in [1.165, 1.54) is 23.9 Å². The highest BCUT2D eigenvalue weighted by atomic mass is 32.2. The van der Waals surface area contributed by atoms with Crippen molar-refractivity contribution in [3.05, 3.63) is 65.7 Å². The molecular weight excluding hydrogens is 318 g/mol. The van der Waals surface area contributed by atoms with Crippen LogP contribution in [0.1, 0.15) is 18.1 Å². The summed E-state index contributed by atoms with van der Waals surface area (Å²) in [5.41, 5.74) is 2.13. The van der Waals surface area contributed by atoms with Gasteiger partial charge in [-0.1, -0.05) is 53.2 Å². The fourth-order valence-electron chi connectivity index (χ4n) is 1.64. The number of thioether (sulfide) groups is 1. The largest absolute Gasteiger partial charge is 0.358 e. The van der Waals surface area contributed by atoms with Gasteiger partial charge in [-0.05, 0) is 31.5 Å². The zero-order valence-corrected chi connectivity index (χ0v) is 14.0. The predicted molar refractivity (Wildman–Crippen MR) is 90.3 cm³/mol. The molecule has 0 amide bonds. The second kappa shape index (κ2) is 7.47. The van der Waals surface area contributed by atoms with Crippen molar-refractivity contribution in [2.24, 2.45) is 5.16 Å². The van der Waals surface area contributed by atoms with Crippen molar-refractivity contribution < 1.29 is 12.7 Å². The zero-order valence-electron chi connectivity index (χ0n) is 12.4. The van der Waals surface area contributed by atoms with Crippen LogP contribution in [0.2, 0.25) is 0 Å². The summed E-state index contributed by atoms with van der Waals surface area (Å²) in [6.45, 7) is 3.61. The molecule has 0 saturated carbocycles. The number of hydrogen-bond donors (Lipinski definition) is 0. The highest BCUT2D eigenvalue weighted by Crippen LogP contribution is 2.17. The molecule has 0 spiro atoms. The maximum Gasteiger partial charge on any atom is 0.358 e. The maximum atomic E-state index is 12.0. The lowest BCUT2D eigenvalue weighted by Crippen LogP contribution is -2.03. The lowest BCUT2D eigenvalue weighted by Gasteiger charge is -2.04. The summed E-state index contributed by atoms with van der Waals surface area (Å²) in [6.07, 6.45) is 0. The van der Waals surface area contributed by atoms with E-state index in [0.29, 0.717) is 10.8 Å². The van der Waals surface area contributed by atoms with Gasteiger partial charge in [0.1, 0.15) is 9.94 Å². The van der Waals surface area contributed by atoms with Crippen molar-refractivity contribution in [2.75, 3.05) is 0 Å². The number of aryl methyl sites for hydroxylation is 1. The average Bonchev–Trinajstić information content (AvgIpc) is 2.52. The first-order valence-electron chi connectivity index (χ1n) is 6.69. The molecule has 0 N–H and O–H groups in total. The van der Waals surface area contributed by atoms with Crippen LogP contribution in [-0.4, -0.2) is 13.5 Å². The molecule has 0 unspecified atom stereocenters. The normalized spacial score (nSPS) is 12.2. The first-order chi connectivity index (χ1) is 10.5. The minimum absolute atomic E-state index is 0.0997. The zero-order chi connectivity index (χ0) is 16.0. The standard InChI is InChI=1S/C16H17NO3S2/c1-13-8-10-16(11-9-13)22(18,19)20-17-14(2)21-12-15-6-4-3-5-7-15/h3-11H,12H2,1-2H3. The van der Waals surface area contributed by atoms with E-state index in [-0.39, 0.29) is 4.90 Å². The van der Waals surface area contributed by atoms with Gasteiger partial charge < -0.3 is 0 Å². The Balaban J connectivity index is 1.96. The molecule has 6 heteroatoms. The highest BCUT2D eigenvalue weighted by molar-refractivity contribution is 8.13. The van der Waals surface area contributed by atoms with Crippen LogP contribution in [0.25, 0.3) is 0 Å². The highest BCUT2D eigenvalue weighted by Gasteiger charge is 2.15. The first kappa shape index (κ1) is 16.6. The number of nitrogens with zero attached hydrogens (tertiary/aromatic N) is 1. The van der Waals surface area contributed by atoms with E-state index in [9.17, 15) is 8.42 Å². The lowest BCUT2D eigenvalue weighted by molar-refractivity contribution is 0.340. The molecular formula is C16H17NO3S2. The molecule has 4 nitrogen and oxygen atoms in total. The van der Waals surface area contributed by atoms with Gasteiger partial charge in [0.25, 0.3) is 0 Å². The monoisotopic (exact) mass is 335 g/mol. The molecule has 2 aromatic carbocycles. The number of benzene rings is 2. The summed E-state index contributed by atoms with van der Waals surface area (Å²) in [5.74, 6) is 0.712. The Morgan fingerprint density at radius 2 is 1.73 bits per heavy atom. The fourth-order valence-corrected chi connectivity index (χ4v) is 3.11. The summed E-state index contributed by atoms with van der Waals surface area (Å²) in [6, 6.07) is 16.3. The van der Waals surface area contributed by atoms with Gasteiger partial charge in [-0.25, -0.2) is 0 Å². The van der Waals surface area contributed by atoms with Gasteiger partial charge in [-0.2, -0.15) is 8.42 Å². The molecule has 0 aromatic heterocycles. The first-order valence-corrected chi connectivity index (χ1v) is 9.08. The molecule has 22 heavy (non-hydrogen) atoms. The van der Waals surface area contributed by atoms with E-state index < -0.39 is 10.1 Å². The second-order valence-electron chi connectivity index (χ2n) is 4.73. The van der Waals surface area contributed by atoms with Crippen LogP contribution < -0.4 is 0 Å². The molecule has 116 valence electrons. The maximum absolute atomic E-state index is 12.0. The van der Waals surface area contributed by atoms with E-state index >= 15 is 0 Å². The van der Waals surface area contributed by atoms with E-state index in [4.69, 9.17) is 4.28 Å². The molecule has 0 saturated heterocycles. The molecule has 2 rings (SSSR count). The number of oxime groups is 1. The van der Waals surface area contributed by atoms with Gasteiger partial charge in [0.2, 0.25) is 0 Å². The van der Waals surface area contributed by atoms with Crippen LogP contribution in [0, 0.1) is 6.92 Å². The molecule has 0 bridgehead atoms. The molecule has 0 fully saturated rings. The summed E-state index contributed by atoms with van der Waals surface area (Å²) in [4.78, 5) is 0.0997. The van der Waals surface area contributed by atoms with Crippen LogP contribution in [0.3, 0.4) is 0 Å². The summed E-state index contributed by atoms with van der Waals surface area (Å²) in [5, 5.41) is 4.26. The lowest BCUT2D eigenvalue weighted by atomic mass is 10.2. The molecule has 0 atom stereocenters. The molecule has 0 radical (unpaired) electrons. The Kier molecular flexibility index (Phi) is 5.63. The Labute approximate surface area is 135 Å². The van der Waals surface area contributed by atoms with Gasteiger partial charge in [0, 0.05) is 5.75 Å². The van der Waals surface area contributed by atoms with Crippen molar-refractivity contribution >= 4 is 26.9 Å². The number of hydrogen-bond acceptors (Lipinski definition) is 5. The third-order valence-corrected chi connectivity index (χ3v) is 4.95. The Hall–Kier alpha value is -1.79. The summed E-state index contributed by atoms with van der Waals surface area (Å²) < 4.78 is 28.7. The van der Waals surface area contributed by atoms with Crippen LogP contribution in [0.5, 0.6) is 0 Å². The van der Waals surface area contributed by atoms with Crippen molar-refractivity contribution in [1.82, 2.24) is 0 Å². The van der Waals surface area contributed by atoms with Crippen molar-refractivity contribution in [1.29, 1.82) is 0 Å². The van der Waals surface area contributed by atoms with E-state index in [2.05, 4.69) is 5.16 Å². The molecule has 2 aromatic rings. The predicted octanol–water partition coefficient (Wildman–Crippen LogP) is 3.97. The van der Waals surface area contributed by atoms with Gasteiger partial charge in [-0.15, -0.1) is 11.8 Å². The van der Waals surface area contributed by atoms with E-state index in [1.54, 1.807) is 19.1 Å². The number of rotatable bonds is 5. The van der Waals surface area contributed by atoms with Gasteiger partial charge in [-0.3, -0.25) is 4.28 Å². The fraction of sp³-hybridized carbons (Fsp3) is 0.188. The average molecular weight is 335 g/mol. The minimum atomic E-state index is -3.86. The van der Waals surface area contributed by atoms with Crippen molar-refractivity contribution in [3.8, 4) is 0 Å². The SMILES string of the molecule is CC(=NOS(=O)(=O)c1ccc(C)cc1)SCc1ccccc1. The van der Waals surface area contributed by atoms with Crippen LogP contribution in [0.4, 0.5) is 0 Å². The van der Waals surface area contributed by atoms with Gasteiger partial charge in [0.15, 0.2) is 0 Å².